The van der Waals surface area contributed by atoms with Gasteiger partial charge in [-0.25, -0.2) is 0 Å². The molecule has 2 aromatic heterocycles. The second-order valence-electron chi connectivity index (χ2n) is 4.55. The summed E-state index contributed by atoms with van der Waals surface area (Å²) in [6, 6.07) is 3.96. The first-order valence-electron chi connectivity index (χ1n) is 5.75. The molecule has 86 valence electrons. The van der Waals surface area contributed by atoms with E-state index in [4.69, 9.17) is 0 Å². The van der Waals surface area contributed by atoms with Crippen LogP contribution in [-0.2, 0) is 6.54 Å². The fourth-order valence-electron chi connectivity index (χ4n) is 1.85. The van der Waals surface area contributed by atoms with E-state index in [-0.39, 0.29) is 5.56 Å². The van der Waals surface area contributed by atoms with Crippen molar-refractivity contribution in [3.05, 3.63) is 34.1 Å². The number of thiophene rings is 1. The van der Waals surface area contributed by atoms with Gasteiger partial charge in [0.05, 0.1) is 5.39 Å². The van der Waals surface area contributed by atoms with E-state index in [0.717, 1.165) is 23.1 Å². The molecule has 0 atom stereocenters. The van der Waals surface area contributed by atoms with Crippen LogP contribution in [0.15, 0.2) is 28.5 Å². The van der Waals surface area contributed by atoms with Crippen LogP contribution in [0.1, 0.15) is 26.7 Å². The van der Waals surface area contributed by atoms with Crippen LogP contribution in [0.5, 0.6) is 0 Å². The quantitative estimate of drug-likeness (QED) is 0.795. The Labute approximate surface area is 99.5 Å². The molecule has 16 heavy (non-hydrogen) atoms. The minimum atomic E-state index is 0.155. The predicted molar refractivity (Wildman–Crippen MR) is 70.2 cm³/mol. The Bertz CT molecular complexity index is 524. The summed E-state index contributed by atoms with van der Waals surface area (Å²) in [6.07, 6.45) is 4.17. The van der Waals surface area contributed by atoms with E-state index in [1.54, 1.807) is 11.3 Å². The lowest BCUT2D eigenvalue weighted by molar-refractivity contribution is 0.507. The van der Waals surface area contributed by atoms with Gasteiger partial charge >= 0.3 is 0 Å². The first-order valence-corrected chi connectivity index (χ1v) is 6.63. The molecule has 3 heteroatoms. The van der Waals surface area contributed by atoms with Gasteiger partial charge in [0.25, 0.3) is 5.56 Å². The van der Waals surface area contributed by atoms with Crippen LogP contribution in [0.2, 0.25) is 0 Å². The molecule has 0 unspecified atom stereocenters. The number of aromatic nitrogens is 1. The molecule has 0 aliphatic rings. The number of aryl methyl sites for hydroxylation is 1. The van der Waals surface area contributed by atoms with Gasteiger partial charge in [0.15, 0.2) is 0 Å². The molecule has 2 aromatic rings. The number of fused-ring (bicyclic) bond motifs is 1. The molecule has 0 amide bonds. The van der Waals surface area contributed by atoms with Crippen LogP contribution in [0.3, 0.4) is 0 Å². The molecular weight excluding hydrogens is 218 g/mol. The molecule has 2 nitrogen and oxygen atoms in total. The number of hydrogen-bond acceptors (Lipinski definition) is 2. The Hall–Kier alpha value is -1.09. The normalized spacial score (nSPS) is 11.4. The summed E-state index contributed by atoms with van der Waals surface area (Å²) in [7, 11) is 0. The summed E-state index contributed by atoms with van der Waals surface area (Å²) in [5.41, 5.74) is 0.155. The van der Waals surface area contributed by atoms with E-state index < -0.39 is 0 Å². The van der Waals surface area contributed by atoms with Crippen molar-refractivity contribution in [1.82, 2.24) is 4.57 Å². The standard InChI is InChI=1S/C13H17NOS/c1-10(2)4-3-7-14-8-5-12-11(13(14)15)6-9-16-12/h5-6,8-10H,3-4,7H2,1-2H3. The van der Waals surface area contributed by atoms with Crippen LogP contribution in [0.25, 0.3) is 10.1 Å². The Morgan fingerprint density at radius 1 is 1.38 bits per heavy atom. The minimum absolute atomic E-state index is 0.155. The van der Waals surface area contributed by atoms with E-state index in [1.165, 1.54) is 6.42 Å². The number of rotatable bonds is 4. The van der Waals surface area contributed by atoms with E-state index in [1.807, 2.05) is 28.3 Å². The molecule has 0 aromatic carbocycles. The molecule has 2 rings (SSSR count). The second-order valence-corrected chi connectivity index (χ2v) is 5.50. The molecule has 2 heterocycles. The highest BCUT2D eigenvalue weighted by atomic mass is 32.1. The van der Waals surface area contributed by atoms with Crippen molar-refractivity contribution in [2.24, 2.45) is 5.92 Å². The Morgan fingerprint density at radius 3 is 2.94 bits per heavy atom. The van der Waals surface area contributed by atoms with Crippen molar-refractivity contribution in [2.75, 3.05) is 0 Å². The lowest BCUT2D eigenvalue weighted by Crippen LogP contribution is -2.19. The zero-order valence-corrected chi connectivity index (χ0v) is 10.6. The maximum absolute atomic E-state index is 12.0. The topological polar surface area (TPSA) is 22.0 Å². The zero-order chi connectivity index (χ0) is 11.5. The van der Waals surface area contributed by atoms with Gasteiger partial charge in [0.2, 0.25) is 0 Å². The van der Waals surface area contributed by atoms with E-state index >= 15 is 0 Å². The average Bonchev–Trinajstić information content (AvgIpc) is 2.69. The number of hydrogen-bond donors (Lipinski definition) is 0. The molecule has 0 saturated heterocycles. The van der Waals surface area contributed by atoms with Gasteiger partial charge in [-0.2, -0.15) is 0 Å². The molecule has 0 fully saturated rings. The highest BCUT2D eigenvalue weighted by Gasteiger charge is 2.03. The molecule has 0 aliphatic carbocycles. The van der Waals surface area contributed by atoms with Gasteiger partial charge < -0.3 is 4.57 Å². The summed E-state index contributed by atoms with van der Waals surface area (Å²) < 4.78 is 2.92. The molecule has 0 aliphatic heterocycles. The fraction of sp³-hybridized carbons (Fsp3) is 0.462. The van der Waals surface area contributed by atoms with Crippen LogP contribution in [-0.4, -0.2) is 4.57 Å². The van der Waals surface area contributed by atoms with Crippen molar-refractivity contribution in [3.8, 4) is 0 Å². The van der Waals surface area contributed by atoms with Crippen molar-refractivity contribution in [2.45, 2.75) is 33.2 Å². The Morgan fingerprint density at radius 2 is 2.19 bits per heavy atom. The second kappa shape index (κ2) is 4.83. The average molecular weight is 235 g/mol. The smallest absolute Gasteiger partial charge is 0.259 e. The van der Waals surface area contributed by atoms with Crippen molar-refractivity contribution < 1.29 is 0 Å². The third kappa shape index (κ3) is 2.35. The fourth-order valence-corrected chi connectivity index (χ4v) is 2.63. The first kappa shape index (κ1) is 11.4. The van der Waals surface area contributed by atoms with E-state index in [0.29, 0.717) is 5.92 Å². The molecule has 0 bridgehead atoms. The minimum Gasteiger partial charge on any atom is -0.315 e. The summed E-state index contributed by atoms with van der Waals surface area (Å²) in [5, 5.41) is 2.84. The van der Waals surface area contributed by atoms with E-state index in [2.05, 4.69) is 13.8 Å². The number of pyridine rings is 1. The first-order chi connectivity index (χ1) is 7.68. The van der Waals surface area contributed by atoms with Gasteiger partial charge in [-0.1, -0.05) is 13.8 Å². The SMILES string of the molecule is CC(C)CCCn1ccc2sccc2c1=O. The molecular formula is C13H17NOS. The van der Waals surface area contributed by atoms with Crippen LogP contribution >= 0.6 is 11.3 Å². The zero-order valence-electron chi connectivity index (χ0n) is 9.77. The molecule has 0 spiro atoms. The summed E-state index contributed by atoms with van der Waals surface area (Å²) >= 11 is 1.63. The van der Waals surface area contributed by atoms with Gasteiger partial charge in [-0.05, 0) is 36.3 Å². The van der Waals surface area contributed by atoms with Crippen LogP contribution < -0.4 is 5.56 Å². The van der Waals surface area contributed by atoms with Gasteiger partial charge in [-0.15, -0.1) is 11.3 Å². The van der Waals surface area contributed by atoms with Crippen LogP contribution in [0, 0.1) is 5.92 Å². The summed E-state index contributed by atoms with van der Waals surface area (Å²) in [5.74, 6) is 0.709. The molecule has 0 saturated carbocycles. The largest absolute Gasteiger partial charge is 0.315 e. The number of nitrogens with zero attached hydrogens (tertiary/aromatic N) is 1. The lowest BCUT2D eigenvalue weighted by Gasteiger charge is -2.07. The summed E-state index contributed by atoms with van der Waals surface area (Å²) in [4.78, 5) is 12.0. The predicted octanol–water partition coefficient (Wildman–Crippen LogP) is 3.50. The van der Waals surface area contributed by atoms with E-state index in [9.17, 15) is 4.79 Å². The van der Waals surface area contributed by atoms with Gasteiger partial charge in [-0.3, -0.25) is 4.79 Å². The highest BCUT2D eigenvalue weighted by molar-refractivity contribution is 7.17. The third-order valence-corrected chi connectivity index (χ3v) is 3.65. The van der Waals surface area contributed by atoms with Crippen molar-refractivity contribution >= 4 is 21.4 Å². The van der Waals surface area contributed by atoms with Crippen molar-refractivity contribution in [1.29, 1.82) is 0 Å². The maximum Gasteiger partial charge on any atom is 0.259 e. The van der Waals surface area contributed by atoms with Gasteiger partial charge in [0, 0.05) is 17.4 Å². The van der Waals surface area contributed by atoms with Crippen LogP contribution in [0.4, 0.5) is 0 Å². The lowest BCUT2D eigenvalue weighted by atomic mass is 10.1. The van der Waals surface area contributed by atoms with Gasteiger partial charge in [0.1, 0.15) is 0 Å². The maximum atomic E-state index is 12.0. The van der Waals surface area contributed by atoms with Crippen molar-refractivity contribution in [3.63, 3.8) is 0 Å². The molecule has 0 N–H and O–H groups in total. The Balaban J connectivity index is 2.18. The molecule has 0 radical (unpaired) electrons. The third-order valence-electron chi connectivity index (χ3n) is 2.77. The monoisotopic (exact) mass is 235 g/mol. The summed E-state index contributed by atoms with van der Waals surface area (Å²) in [6.45, 7) is 5.26. The highest BCUT2D eigenvalue weighted by Crippen LogP contribution is 2.16. The Kier molecular flexibility index (Phi) is 3.44.